The lowest BCUT2D eigenvalue weighted by Crippen LogP contribution is -1.92. The van der Waals surface area contributed by atoms with Crippen molar-refractivity contribution >= 4 is 36.3 Å². The van der Waals surface area contributed by atoms with Crippen LogP contribution in [0.4, 0.5) is 0 Å². The van der Waals surface area contributed by atoms with Gasteiger partial charge in [0.2, 0.25) is 0 Å². The fraction of sp³-hybridized carbons (Fsp3) is 0. The van der Waals surface area contributed by atoms with E-state index < -0.39 is 5.97 Å². The van der Waals surface area contributed by atoms with Crippen LogP contribution in [0.15, 0.2) is 29.2 Å². The molecule has 0 atom stereocenters. The molecule has 0 unspecified atom stereocenters. The van der Waals surface area contributed by atoms with E-state index in [1.807, 2.05) is 0 Å². The van der Waals surface area contributed by atoms with Crippen molar-refractivity contribution in [3.05, 3.63) is 39.8 Å². The lowest BCUT2D eigenvalue weighted by molar-refractivity contribution is -0.131. The molecule has 0 aromatic heterocycles. The van der Waals surface area contributed by atoms with Crippen LogP contribution in [0.1, 0.15) is 5.56 Å². The molecular formula is C9H7ClO2S. The average molecular weight is 215 g/mol. The number of carboxylic acids is 1. The van der Waals surface area contributed by atoms with Gasteiger partial charge in [0.15, 0.2) is 0 Å². The van der Waals surface area contributed by atoms with Gasteiger partial charge in [-0.2, -0.15) is 0 Å². The van der Waals surface area contributed by atoms with E-state index in [2.05, 4.69) is 12.6 Å². The molecule has 0 bridgehead atoms. The standard InChI is InChI=1S/C9H7ClO2S/c10-7-3-1-6(2-4-7)5-8(13)9(11)12/h1-5,13H,(H,11,12)/b8-5-. The maximum absolute atomic E-state index is 10.4. The maximum Gasteiger partial charge on any atom is 0.341 e. The summed E-state index contributed by atoms with van der Waals surface area (Å²) in [4.78, 5) is 10.4. The number of halogens is 1. The summed E-state index contributed by atoms with van der Waals surface area (Å²) in [5.74, 6) is -1.04. The minimum atomic E-state index is -1.04. The summed E-state index contributed by atoms with van der Waals surface area (Å²) >= 11 is 9.45. The Hall–Kier alpha value is -0.930. The second kappa shape index (κ2) is 4.35. The Labute approximate surface area is 86.3 Å². The van der Waals surface area contributed by atoms with Gasteiger partial charge >= 0.3 is 5.97 Å². The summed E-state index contributed by atoms with van der Waals surface area (Å²) in [6.45, 7) is 0. The molecular weight excluding hydrogens is 208 g/mol. The smallest absolute Gasteiger partial charge is 0.341 e. The molecule has 0 heterocycles. The molecule has 0 aliphatic heterocycles. The molecule has 0 fully saturated rings. The second-order valence-electron chi connectivity index (χ2n) is 2.39. The number of benzene rings is 1. The summed E-state index contributed by atoms with van der Waals surface area (Å²) in [6, 6.07) is 6.83. The third-order valence-corrected chi connectivity index (χ3v) is 1.96. The fourth-order valence-electron chi connectivity index (χ4n) is 0.779. The van der Waals surface area contributed by atoms with Crippen molar-refractivity contribution < 1.29 is 9.90 Å². The molecule has 13 heavy (non-hydrogen) atoms. The summed E-state index contributed by atoms with van der Waals surface area (Å²) in [7, 11) is 0. The van der Waals surface area contributed by atoms with Gasteiger partial charge in [-0.1, -0.05) is 23.7 Å². The Morgan fingerprint density at radius 3 is 2.38 bits per heavy atom. The number of thiol groups is 1. The first-order valence-electron chi connectivity index (χ1n) is 3.49. The molecule has 0 radical (unpaired) electrons. The predicted octanol–water partition coefficient (Wildman–Crippen LogP) is 2.70. The molecule has 4 heteroatoms. The number of hydrogen-bond donors (Lipinski definition) is 2. The highest BCUT2D eigenvalue weighted by Gasteiger charge is 2.00. The quantitative estimate of drug-likeness (QED) is 0.587. The van der Waals surface area contributed by atoms with Crippen LogP contribution in [0.2, 0.25) is 5.02 Å². The zero-order valence-corrected chi connectivity index (χ0v) is 8.22. The van der Waals surface area contributed by atoms with Crippen molar-refractivity contribution in [2.24, 2.45) is 0 Å². The van der Waals surface area contributed by atoms with Crippen molar-refractivity contribution in [3.63, 3.8) is 0 Å². The van der Waals surface area contributed by atoms with E-state index in [-0.39, 0.29) is 4.91 Å². The lowest BCUT2D eigenvalue weighted by atomic mass is 10.2. The Balaban J connectivity index is 2.92. The zero-order chi connectivity index (χ0) is 9.84. The minimum Gasteiger partial charge on any atom is -0.477 e. The van der Waals surface area contributed by atoms with E-state index in [1.54, 1.807) is 24.3 Å². The van der Waals surface area contributed by atoms with Gasteiger partial charge in [0, 0.05) is 5.02 Å². The first-order chi connectivity index (χ1) is 6.09. The van der Waals surface area contributed by atoms with E-state index >= 15 is 0 Å². The highest BCUT2D eigenvalue weighted by molar-refractivity contribution is 7.85. The Bertz CT molecular complexity index is 343. The number of hydrogen-bond acceptors (Lipinski definition) is 2. The number of aliphatic carboxylic acids is 1. The molecule has 0 saturated carbocycles. The predicted molar refractivity (Wildman–Crippen MR) is 56.1 cm³/mol. The number of carboxylic acid groups (broad SMARTS) is 1. The monoisotopic (exact) mass is 214 g/mol. The molecule has 0 spiro atoms. The van der Waals surface area contributed by atoms with Gasteiger partial charge in [0.25, 0.3) is 0 Å². The molecule has 1 aromatic carbocycles. The molecule has 1 rings (SSSR count). The summed E-state index contributed by atoms with van der Waals surface area (Å²) in [5, 5.41) is 9.15. The minimum absolute atomic E-state index is 0.00215. The van der Waals surface area contributed by atoms with Crippen molar-refractivity contribution in [2.45, 2.75) is 0 Å². The number of carbonyl (C=O) groups is 1. The summed E-state index contributed by atoms with van der Waals surface area (Å²) in [5.41, 5.74) is 0.761. The van der Waals surface area contributed by atoms with Gasteiger partial charge in [-0.3, -0.25) is 0 Å². The Morgan fingerprint density at radius 1 is 1.38 bits per heavy atom. The molecule has 0 aliphatic rings. The topological polar surface area (TPSA) is 37.3 Å². The van der Waals surface area contributed by atoms with Crippen LogP contribution in [0.25, 0.3) is 6.08 Å². The highest BCUT2D eigenvalue weighted by atomic mass is 35.5. The van der Waals surface area contributed by atoms with E-state index in [4.69, 9.17) is 16.7 Å². The average Bonchev–Trinajstić information content (AvgIpc) is 2.08. The molecule has 0 saturated heterocycles. The van der Waals surface area contributed by atoms with Gasteiger partial charge in [-0.05, 0) is 23.8 Å². The van der Waals surface area contributed by atoms with Crippen LogP contribution in [0.5, 0.6) is 0 Å². The largest absolute Gasteiger partial charge is 0.477 e. The molecule has 0 aliphatic carbocycles. The third kappa shape index (κ3) is 3.13. The van der Waals surface area contributed by atoms with Gasteiger partial charge in [0.1, 0.15) is 0 Å². The molecule has 1 aromatic rings. The molecule has 0 amide bonds. The first-order valence-corrected chi connectivity index (χ1v) is 4.31. The Kier molecular flexibility index (Phi) is 3.39. The summed E-state index contributed by atoms with van der Waals surface area (Å²) in [6.07, 6.45) is 1.46. The number of rotatable bonds is 2. The van der Waals surface area contributed by atoms with Crippen LogP contribution in [0.3, 0.4) is 0 Å². The van der Waals surface area contributed by atoms with Crippen molar-refractivity contribution in [1.82, 2.24) is 0 Å². The van der Waals surface area contributed by atoms with E-state index in [9.17, 15) is 4.79 Å². The van der Waals surface area contributed by atoms with Crippen LogP contribution in [0, 0.1) is 0 Å². The van der Waals surface area contributed by atoms with Gasteiger partial charge in [0.05, 0.1) is 4.91 Å². The van der Waals surface area contributed by atoms with Crippen LogP contribution < -0.4 is 0 Å². The van der Waals surface area contributed by atoms with Crippen molar-refractivity contribution in [3.8, 4) is 0 Å². The van der Waals surface area contributed by atoms with Gasteiger partial charge in [-0.15, -0.1) is 12.6 Å². The third-order valence-electron chi connectivity index (χ3n) is 1.39. The molecule has 1 N–H and O–H groups in total. The molecule has 68 valence electrons. The fourth-order valence-corrected chi connectivity index (χ4v) is 1.05. The van der Waals surface area contributed by atoms with Gasteiger partial charge in [-0.25, -0.2) is 4.79 Å². The first kappa shape index (κ1) is 10.2. The molecule has 2 nitrogen and oxygen atoms in total. The van der Waals surface area contributed by atoms with Crippen molar-refractivity contribution in [1.29, 1.82) is 0 Å². The SMILES string of the molecule is O=C(O)/C(S)=C/c1ccc(Cl)cc1. The van der Waals surface area contributed by atoms with E-state index in [0.717, 1.165) is 5.56 Å². The Morgan fingerprint density at radius 2 is 1.92 bits per heavy atom. The van der Waals surface area contributed by atoms with E-state index in [0.29, 0.717) is 5.02 Å². The normalized spacial score (nSPS) is 11.4. The van der Waals surface area contributed by atoms with Crippen LogP contribution in [-0.2, 0) is 4.79 Å². The zero-order valence-electron chi connectivity index (χ0n) is 6.57. The second-order valence-corrected chi connectivity index (χ2v) is 3.30. The van der Waals surface area contributed by atoms with Crippen LogP contribution in [-0.4, -0.2) is 11.1 Å². The van der Waals surface area contributed by atoms with Crippen molar-refractivity contribution in [2.75, 3.05) is 0 Å². The lowest BCUT2D eigenvalue weighted by Gasteiger charge is -1.94. The van der Waals surface area contributed by atoms with Gasteiger partial charge < -0.3 is 5.11 Å². The summed E-state index contributed by atoms with van der Waals surface area (Å²) < 4.78 is 0. The maximum atomic E-state index is 10.4. The highest BCUT2D eigenvalue weighted by Crippen LogP contribution is 2.13. The van der Waals surface area contributed by atoms with Crippen LogP contribution >= 0.6 is 24.2 Å². The van der Waals surface area contributed by atoms with E-state index in [1.165, 1.54) is 6.08 Å².